The van der Waals surface area contributed by atoms with Gasteiger partial charge in [-0.25, -0.2) is 0 Å². The molecule has 64 valence electrons. The Morgan fingerprint density at radius 2 is 2.09 bits per heavy atom. The molecular weight excluding hydrogens is 142 g/mol. The van der Waals surface area contributed by atoms with Crippen molar-refractivity contribution in [1.82, 2.24) is 0 Å². The summed E-state index contributed by atoms with van der Waals surface area (Å²) in [7, 11) is 0. The van der Waals surface area contributed by atoms with E-state index < -0.39 is 5.97 Å². The van der Waals surface area contributed by atoms with Crippen molar-refractivity contribution in [3.05, 3.63) is 0 Å². The highest BCUT2D eigenvalue weighted by atomic mass is 16.4. The highest BCUT2D eigenvalue weighted by Gasteiger charge is 2.23. The van der Waals surface area contributed by atoms with Gasteiger partial charge in [0.05, 0.1) is 6.42 Å². The molecular formula is C8H15NO2. The molecule has 0 bridgehead atoms. The van der Waals surface area contributed by atoms with Crippen molar-refractivity contribution in [2.24, 2.45) is 11.7 Å². The lowest BCUT2D eigenvalue weighted by Crippen LogP contribution is -2.30. The van der Waals surface area contributed by atoms with Crippen molar-refractivity contribution >= 4 is 5.97 Å². The van der Waals surface area contributed by atoms with Crippen LogP contribution in [0.3, 0.4) is 0 Å². The van der Waals surface area contributed by atoms with Crippen molar-refractivity contribution in [3.8, 4) is 0 Å². The summed E-state index contributed by atoms with van der Waals surface area (Å²) < 4.78 is 0. The average molecular weight is 157 g/mol. The van der Waals surface area contributed by atoms with Gasteiger partial charge in [0.2, 0.25) is 0 Å². The van der Waals surface area contributed by atoms with E-state index >= 15 is 0 Å². The van der Waals surface area contributed by atoms with Gasteiger partial charge in [-0.2, -0.15) is 0 Å². The van der Waals surface area contributed by atoms with E-state index in [1.54, 1.807) is 0 Å². The first-order valence-electron chi connectivity index (χ1n) is 4.17. The predicted octanol–water partition coefficient (Wildman–Crippen LogP) is 0.979. The number of hydrogen-bond donors (Lipinski definition) is 2. The molecule has 1 fully saturated rings. The zero-order valence-electron chi connectivity index (χ0n) is 6.62. The minimum Gasteiger partial charge on any atom is -0.481 e. The standard InChI is InChI=1S/C8H15NO2/c9-7(5-8(10)11)6-3-1-2-4-6/h6-7H,1-5,9H2,(H,10,11)/t7-/m0/s1. The van der Waals surface area contributed by atoms with Crippen LogP contribution < -0.4 is 5.73 Å². The first kappa shape index (κ1) is 8.53. The van der Waals surface area contributed by atoms with Crippen LogP contribution in [0.1, 0.15) is 32.1 Å². The summed E-state index contributed by atoms with van der Waals surface area (Å²) in [5, 5.41) is 8.46. The van der Waals surface area contributed by atoms with Crippen LogP contribution in [-0.4, -0.2) is 17.1 Å². The van der Waals surface area contributed by atoms with Crippen molar-refractivity contribution in [2.75, 3.05) is 0 Å². The number of rotatable bonds is 3. The molecule has 1 rings (SSSR count). The average Bonchev–Trinajstić information content (AvgIpc) is 2.35. The molecule has 0 radical (unpaired) electrons. The molecule has 0 aromatic rings. The van der Waals surface area contributed by atoms with E-state index in [9.17, 15) is 4.79 Å². The molecule has 1 aliphatic carbocycles. The van der Waals surface area contributed by atoms with Crippen molar-refractivity contribution in [1.29, 1.82) is 0 Å². The van der Waals surface area contributed by atoms with E-state index in [2.05, 4.69) is 0 Å². The van der Waals surface area contributed by atoms with E-state index in [0.717, 1.165) is 12.8 Å². The Hall–Kier alpha value is -0.570. The van der Waals surface area contributed by atoms with Gasteiger partial charge in [0.15, 0.2) is 0 Å². The largest absolute Gasteiger partial charge is 0.481 e. The Bertz CT molecular complexity index is 141. The second kappa shape index (κ2) is 3.72. The van der Waals surface area contributed by atoms with Gasteiger partial charge in [-0.05, 0) is 18.8 Å². The number of hydrogen-bond acceptors (Lipinski definition) is 2. The zero-order chi connectivity index (χ0) is 8.27. The number of carboxylic acids is 1. The Morgan fingerprint density at radius 1 is 1.55 bits per heavy atom. The highest BCUT2D eigenvalue weighted by Crippen LogP contribution is 2.27. The zero-order valence-corrected chi connectivity index (χ0v) is 6.62. The Labute approximate surface area is 66.6 Å². The summed E-state index contributed by atoms with van der Waals surface area (Å²) in [6, 6.07) is -0.116. The van der Waals surface area contributed by atoms with E-state index in [1.165, 1.54) is 12.8 Å². The lowest BCUT2D eigenvalue weighted by molar-refractivity contribution is -0.137. The van der Waals surface area contributed by atoms with Gasteiger partial charge in [0.1, 0.15) is 0 Å². The monoisotopic (exact) mass is 157 g/mol. The molecule has 1 saturated carbocycles. The summed E-state index contributed by atoms with van der Waals surface area (Å²) in [5.74, 6) is -0.310. The lowest BCUT2D eigenvalue weighted by atomic mass is 9.96. The minimum atomic E-state index is -0.774. The van der Waals surface area contributed by atoms with Gasteiger partial charge in [0, 0.05) is 6.04 Å². The van der Waals surface area contributed by atoms with Gasteiger partial charge >= 0.3 is 5.97 Å². The van der Waals surface area contributed by atoms with Crippen LogP contribution in [0.25, 0.3) is 0 Å². The second-order valence-corrected chi connectivity index (χ2v) is 3.31. The molecule has 0 spiro atoms. The third-order valence-electron chi connectivity index (χ3n) is 2.42. The number of nitrogens with two attached hydrogens (primary N) is 1. The maximum atomic E-state index is 10.3. The van der Waals surface area contributed by atoms with Crippen molar-refractivity contribution in [3.63, 3.8) is 0 Å². The third kappa shape index (κ3) is 2.50. The maximum absolute atomic E-state index is 10.3. The molecule has 0 aliphatic heterocycles. The van der Waals surface area contributed by atoms with E-state index in [1.807, 2.05) is 0 Å². The molecule has 3 N–H and O–H groups in total. The molecule has 0 heterocycles. The van der Waals surface area contributed by atoms with E-state index in [0.29, 0.717) is 5.92 Å². The topological polar surface area (TPSA) is 63.3 Å². The Balaban J connectivity index is 2.28. The fourth-order valence-electron chi connectivity index (χ4n) is 1.75. The third-order valence-corrected chi connectivity index (χ3v) is 2.42. The van der Waals surface area contributed by atoms with Crippen LogP contribution in [0.2, 0.25) is 0 Å². The van der Waals surface area contributed by atoms with Gasteiger partial charge in [0.25, 0.3) is 0 Å². The Kier molecular flexibility index (Phi) is 2.88. The summed E-state index contributed by atoms with van der Waals surface area (Å²) in [4.78, 5) is 10.3. The normalized spacial score (nSPS) is 21.9. The van der Waals surface area contributed by atoms with Gasteiger partial charge < -0.3 is 10.8 Å². The fourth-order valence-corrected chi connectivity index (χ4v) is 1.75. The van der Waals surface area contributed by atoms with Crippen LogP contribution >= 0.6 is 0 Å². The molecule has 1 aliphatic rings. The lowest BCUT2D eigenvalue weighted by Gasteiger charge is -2.15. The second-order valence-electron chi connectivity index (χ2n) is 3.31. The number of carboxylic acid groups (broad SMARTS) is 1. The molecule has 1 atom stereocenters. The summed E-state index contributed by atoms with van der Waals surface area (Å²) in [6.07, 6.45) is 4.81. The molecule has 0 unspecified atom stereocenters. The van der Waals surface area contributed by atoms with Crippen LogP contribution in [0.15, 0.2) is 0 Å². The van der Waals surface area contributed by atoms with Crippen LogP contribution in [0, 0.1) is 5.92 Å². The quantitative estimate of drug-likeness (QED) is 0.641. The van der Waals surface area contributed by atoms with Crippen LogP contribution in [0.5, 0.6) is 0 Å². The molecule has 3 heteroatoms. The van der Waals surface area contributed by atoms with Gasteiger partial charge in [-0.1, -0.05) is 12.8 Å². The van der Waals surface area contributed by atoms with Crippen LogP contribution in [-0.2, 0) is 4.79 Å². The first-order valence-corrected chi connectivity index (χ1v) is 4.17. The molecule has 0 amide bonds. The SMILES string of the molecule is N[C@@H](CC(=O)O)C1CCCC1. The van der Waals surface area contributed by atoms with Gasteiger partial charge in [-0.15, -0.1) is 0 Å². The molecule has 11 heavy (non-hydrogen) atoms. The Morgan fingerprint density at radius 3 is 2.55 bits per heavy atom. The van der Waals surface area contributed by atoms with E-state index in [4.69, 9.17) is 10.8 Å². The maximum Gasteiger partial charge on any atom is 0.304 e. The van der Waals surface area contributed by atoms with E-state index in [-0.39, 0.29) is 12.5 Å². The number of aliphatic carboxylic acids is 1. The fraction of sp³-hybridized carbons (Fsp3) is 0.875. The summed E-state index contributed by atoms with van der Waals surface area (Å²) >= 11 is 0. The van der Waals surface area contributed by atoms with Crippen molar-refractivity contribution in [2.45, 2.75) is 38.1 Å². The molecule has 0 saturated heterocycles. The van der Waals surface area contributed by atoms with Gasteiger partial charge in [-0.3, -0.25) is 4.79 Å². The van der Waals surface area contributed by atoms with Crippen molar-refractivity contribution < 1.29 is 9.90 Å². The van der Waals surface area contributed by atoms with Crippen LogP contribution in [0.4, 0.5) is 0 Å². The smallest absolute Gasteiger partial charge is 0.304 e. The molecule has 0 aromatic carbocycles. The summed E-state index contributed by atoms with van der Waals surface area (Å²) in [5.41, 5.74) is 5.70. The predicted molar refractivity (Wildman–Crippen MR) is 42.2 cm³/mol. The minimum absolute atomic E-state index is 0.116. The first-order chi connectivity index (χ1) is 5.20. The summed E-state index contributed by atoms with van der Waals surface area (Å²) in [6.45, 7) is 0. The number of carbonyl (C=O) groups is 1. The molecule has 3 nitrogen and oxygen atoms in total. The molecule has 0 aromatic heterocycles. The highest BCUT2D eigenvalue weighted by molar-refractivity contribution is 5.67.